The zero-order valence-corrected chi connectivity index (χ0v) is 11.6. The Bertz CT molecular complexity index is 609. The number of hydrogen-bond acceptors (Lipinski definition) is 4. The molecule has 1 aromatic heterocycles. The number of aromatic nitrogens is 2. The summed E-state index contributed by atoms with van der Waals surface area (Å²) in [5.74, 6) is 1.18. The lowest BCUT2D eigenvalue weighted by Crippen LogP contribution is -2.40. The van der Waals surface area contributed by atoms with Crippen LogP contribution in [0.3, 0.4) is 0 Å². The maximum absolute atomic E-state index is 11.3. The minimum absolute atomic E-state index is 0.0924. The number of halogens is 1. The smallest absolute Gasteiger partial charge is 0.229 e. The fourth-order valence-corrected chi connectivity index (χ4v) is 2.42. The van der Waals surface area contributed by atoms with Gasteiger partial charge in [-0.2, -0.15) is 4.98 Å². The number of piperidine rings is 1. The Kier molecular flexibility index (Phi) is 3.69. The summed E-state index contributed by atoms with van der Waals surface area (Å²) < 4.78 is 5.24. The predicted octanol–water partition coefficient (Wildman–Crippen LogP) is 2.60. The van der Waals surface area contributed by atoms with Crippen molar-refractivity contribution < 1.29 is 9.32 Å². The van der Waals surface area contributed by atoms with Gasteiger partial charge in [0.25, 0.3) is 0 Å². The molecule has 1 amide bonds. The summed E-state index contributed by atoms with van der Waals surface area (Å²) in [6.07, 6.45) is 3.04. The lowest BCUT2D eigenvalue weighted by molar-refractivity contribution is -0.123. The van der Waals surface area contributed by atoms with Gasteiger partial charge in [-0.25, -0.2) is 0 Å². The van der Waals surface area contributed by atoms with Crippen LogP contribution in [-0.4, -0.2) is 22.1 Å². The maximum Gasteiger partial charge on any atom is 0.229 e. The monoisotopic (exact) mass is 291 g/mol. The van der Waals surface area contributed by atoms with Gasteiger partial charge in [0.15, 0.2) is 0 Å². The van der Waals surface area contributed by atoms with Crippen molar-refractivity contribution in [2.24, 2.45) is 0 Å². The van der Waals surface area contributed by atoms with Crippen molar-refractivity contribution in [3.63, 3.8) is 0 Å². The van der Waals surface area contributed by atoms with E-state index in [1.807, 2.05) is 12.1 Å². The molecule has 104 valence electrons. The minimum atomic E-state index is 0.0924. The Morgan fingerprint density at radius 3 is 2.90 bits per heavy atom. The van der Waals surface area contributed by atoms with Crippen molar-refractivity contribution in [3.8, 4) is 11.4 Å². The molecule has 0 radical (unpaired) electrons. The molecule has 20 heavy (non-hydrogen) atoms. The van der Waals surface area contributed by atoms with Crippen LogP contribution in [-0.2, 0) is 11.2 Å². The molecule has 6 heteroatoms. The number of hydrogen-bond donors (Lipinski definition) is 1. The third-order valence-electron chi connectivity index (χ3n) is 3.31. The first-order chi connectivity index (χ1) is 9.70. The first kappa shape index (κ1) is 13.1. The molecule has 0 aliphatic carbocycles. The number of amides is 1. The Morgan fingerprint density at radius 2 is 2.15 bits per heavy atom. The summed E-state index contributed by atoms with van der Waals surface area (Å²) in [4.78, 5) is 15.7. The van der Waals surface area contributed by atoms with E-state index in [0.29, 0.717) is 29.6 Å². The van der Waals surface area contributed by atoms with Gasteiger partial charge in [-0.05, 0) is 37.1 Å². The van der Waals surface area contributed by atoms with E-state index in [-0.39, 0.29) is 11.9 Å². The molecule has 1 aliphatic rings. The standard InChI is InChI=1S/C14H14ClN3O2/c15-10-6-4-9(5-7-10)14-17-13(20-18-14)8-11-2-1-3-12(19)16-11/h4-7,11H,1-3,8H2,(H,16,19). The molecule has 1 unspecified atom stereocenters. The molecule has 5 nitrogen and oxygen atoms in total. The van der Waals surface area contributed by atoms with Crippen LogP contribution in [0.25, 0.3) is 11.4 Å². The van der Waals surface area contributed by atoms with E-state index in [1.54, 1.807) is 12.1 Å². The normalized spacial score (nSPS) is 18.9. The van der Waals surface area contributed by atoms with E-state index in [9.17, 15) is 4.79 Å². The molecule has 2 heterocycles. The van der Waals surface area contributed by atoms with E-state index in [0.717, 1.165) is 18.4 Å². The van der Waals surface area contributed by atoms with Crippen molar-refractivity contribution in [2.45, 2.75) is 31.7 Å². The Morgan fingerprint density at radius 1 is 1.35 bits per heavy atom. The van der Waals surface area contributed by atoms with E-state index in [4.69, 9.17) is 16.1 Å². The highest BCUT2D eigenvalue weighted by Crippen LogP contribution is 2.20. The van der Waals surface area contributed by atoms with Gasteiger partial charge in [-0.15, -0.1) is 0 Å². The number of nitrogens with zero attached hydrogens (tertiary/aromatic N) is 2. The fourth-order valence-electron chi connectivity index (χ4n) is 2.30. The number of carbonyl (C=O) groups is 1. The molecular formula is C14H14ClN3O2. The molecule has 1 atom stereocenters. The first-order valence-corrected chi connectivity index (χ1v) is 6.96. The third-order valence-corrected chi connectivity index (χ3v) is 3.57. The van der Waals surface area contributed by atoms with E-state index in [2.05, 4.69) is 15.5 Å². The predicted molar refractivity (Wildman–Crippen MR) is 74.2 cm³/mol. The van der Waals surface area contributed by atoms with Gasteiger partial charge in [0.1, 0.15) is 0 Å². The topological polar surface area (TPSA) is 68.0 Å². The summed E-state index contributed by atoms with van der Waals surface area (Å²) in [5, 5.41) is 7.56. The number of carbonyl (C=O) groups excluding carboxylic acids is 1. The molecule has 0 bridgehead atoms. The van der Waals surface area contributed by atoms with Crippen LogP contribution < -0.4 is 5.32 Å². The number of rotatable bonds is 3. The molecule has 1 saturated heterocycles. The van der Waals surface area contributed by atoms with Crippen molar-refractivity contribution in [1.29, 1.82) is 0 Å². The van der Waals surface area contributed by atoms with Crippen LogP contribution in [0.4, 0.5) is 0 Å². The molecule has 0 saturated carbocycles. The van der Waals surface area contributed by atoms with Gasteiger partial charge in [0, 0.05) is 29.5 Å². The fraction of sp³-hybridized carbons (Fsp3) is 0.357. The van der Waals surface area contributed by atoms with E-state index >= 15 is 0 Å². The minimum Gasteiger partial charge on any atom is -0.353 e. The van der Waals surface area contributed by atoms with E-state index in [1.165, 1.54) is 0 Å². The summed E-state index contributed by atoms with van der Waals surface area (Å²) in [6, 6.07) is 7.36. The number of benzene rings is 1. The molecule has 3 rings (SSSR count). The van der Waals surface area contributed by atoms with Crippen molar-refractivity contribution in [3.05, 3.63) is 35.2 Å². The highest BCUT2D eigenvalue weighted by molar-refractivity contribution is 6.30. The molecule has 0 spiro atoms. The van der Waals surface area contributed by atoms with Crippen molar-refractivity contribution in [2.75, 3.05) is 0 Å². The lowest BCUT2D eigenvalue weighted by atomic mass is 10.0. The van der Waals surface area contributed by atoms with Gasteiger partial charge < -0.3 is 9.84 Å². The first-order valence-electron chi connectivity index (χ1n) is 6.58. The average molecular weight is 292 g/mol. The van der Waals surface area contributed by atoms with Gasteiger partial charge in [-0.1, -0.05) is 16.8 Å². The van der Waals surface area contributed by atoms with Crippen molar-refractivity contribution in [1.82, 2.24) is 15.5 Å². The molecule has 2 aromatic rings. The van der Waals surface area contributed by atoms with Crippen LogP contribution in [0.15, 0.2) is 28.8 Å². The SMILES string of the molecule is O=C1CCCC(Cc2nc(-c3ccc(Cl)cc3)no2)N1. The van der Waals surface area contributed by atoms with Crippen LogP contribution >= 0.6 is 11.6 Å². The quantitative estimate of drug-likeness (QED) is 0.944. The van der Waals surface area contributed by atoms with Crippen LogP contribution in [0, 0.1) is 0 Å². The van der Waals surface area contributed by atoms with Gasteiger partial charge in [0.05, 0.1) is 0 Å². The van der Waals surface area contributed by atoms with Crippen LogP contribution in [0.1, 0.15) is 25.2 Å². The largest absolute Gasteiger partial charge is 0.353 e. The van der Waals surface area contributed by atoms with Gasteiger partial charge >= 0.3 is 0 Å². The summed E-state index contributed by atoms with van der Waals surface area (Å²) in [5.41, 5.74) is 0.858. The summed E-state index contributed by atoms with van der Waals surface area (Å²) in [6.45, 7) is 0. The summed E-state index contributed by atoms with van der Waals surface area (Å²) >= 11 is 5.84. The average Bonchev–Trinajstić information content (AvgIpc) is 2.88. The zero-order chi connectivity index (χ0) is 13.9. The number of nitrogens with one attached hydrogen (secondary N) is 1. The van der Waals surface area contributed by atoms with Gasteiger partial charge in [0.2, 0.25) is 17.6 Å². The Hall–Kier alpha value is -1.88. The lowest BCUT2D eigenvalue weighted by Gasteiger charge is -2.21. The Labute approximate surface area is 121 Å². The molecule has 1 aromatic carbocycles. The van der Waals surface area contributed by atoms with Crippen LogP contribution in [0.5, 0.6) is 0 Å². The van der Waals surface area contributed by atoms with Crippen molar-refractivity contribution >= 4 is 17.5 Å². The highest BCUT2D eigenvalue weighted by atomic mass is 35.5. The molecule has 1 fully saturated rings. The molecular weight excluding hydrogens is 278 g/mol. The Balaban J connectivity index is 1.70. The molecule has 1 aliphatic heterocycles. The zero-order valence-electron chi connectivity index (χ0n) is 10.8. The second kappa shape index (κ2) is 5.63. The second-order valence-corrected chi connectivity index (χ2v) is 5.32. The maximum atomic E-state index is 11.3. The van der Waals surface area contributed by atoms with Crippen LogP contribution in [0.2, 0.25) is 5.02 Å². The summed E-state index contributed by atoms with van der Waals surface area (Å²) in [7, 11) is 0. The van der Waals surface area contributed by atoms with E-state index < -0.39 is 0 Å². The molecule has 1 N–H and O–H groups in total. The van der Waals surface area contributed by atoms with Gasteiger partial charge in [-0.3, -0.25) is 4.79 Å². The highest BCUT2D eigenvalue weighted by Gasteiger charge is 2.21. The second-order valence-electron chi connectivity index (χ2n) is 4.88. The third kappa shape index (κ3) is 2.99.